The van der Waals surface area contributed by atoms with Crippen LogP contribution in [0.5, 0.6) is 0 Å². The smallest absolute Gasteiger partial charge is 0.246 e. The lowest BCUT2D eigenvalue weighted by Crippen LogP contribution is -2.44. The largest absolute Gasteiger partial charge is 0.309 e. The summed E-state index contributed by atoms with van der Waals surface area (Å²) in [4.78, 5) is 15.8. The molecule has 0 aliphatic rings. The van der Waals surface area contributed by atoms with E-state index in [2.05, 4.69) is 26.2 Å². The van der Waals surface area contributed by atoms with Gasteiger partial charge in [0, 0.05) is 16.9 Å². The van der Waals surface area contributed by atoms with Gasteiger partial charge in [-0.2, -0.15) is 0 Å². The second-order valence-corrected chi connectivity index (χ2v) is 7.58. The van der Waals surface area contributed by atoms with Gasteiger partial charge in [0.25, 0.3) is 0 Å². The lowest BCUT2D eigenvalue weighted by Gasteiger charge is -2.21. The quantitative estimate of drug-likeness (QED) is 0.917. The molecule has 0 aromatic carbocycles. The number of aromatic nitrogens is 1. The Morgan fingerprint density at radius 1 is 1.47 bits per heavy atom. The third-order valence-corrected chi connectivity index (χ3v) is 4.97. The van der Waals surface area contributed by atoms with Crippen molar-refractivity contribution >= 4 is 37.5 Å². The van der Waals surface area contributed by atoms with Crippen LogP contribution < -0.4 is 5.32 Å². The lowest BCUT2D eigenvalue weighted by atomic mass is 10.2. The van der Waals surface area contributed by atoms with Gasteiger partial charge in [-0.25, -0.2) is 13.4 Å². The molecule has 1 amide bonds. The molecule has 5 nitrogen and oxygen atoms in total. The first-order valence-corrected chi connectivity index (χ1v) is 7.45. The van der Waals surface area contributed by atoms with Gasteiger partial charge in [0.15, 0.2) is 9.84 Å². The van der Waals surface area contributed by atoms with E-state index in [0.717, 1.165) is 10.7 Å². The average Bonchev–Trinajstić information content (AvgIpc) is 2.15. The second kappa shape index (κ2) is 4.73. The summed E-state index contributed by atoms with van der Waals surface area (Å²) in [6, 6.07) is 3.30. The lowest BCUT2D eigenvalue weighted by molar-refractivity contribution is -0.117. The van der Waals surface area contributed by atoms with Crippen molar-refractivity contribution in [1.82, 2.24) is 4.98 Å². The van der Waals surface area contributed by atoms with E-state index in [0.29, 0.717) is 5.82 Å². The van der Waals surface area contributed by atoms with Gasteiger partial charge in [-0.15, -0.1) is 0 Å². The summed E-state index contributed by atoms with van der Waals surface area (Å²) >= 11 is 3.23. The van der Waals surface area contributed by atoms with Crippen molar-refractivity contribution in [1.29, 1.82) is 0 Å². The molecule has 0 aliphatic heterocycles. The number of nitrogens with one attached hydrogen (secondary N) is 1. The van der Waals surface area contributed by atoms with E-state index in [4.69, 9.17) is 0 Å². The van der Waals surface area contributed by atoms with Crippen molar-refractivity contribution in [3.8, 4) is 0 Å². The van der Waals surface area contributed by atoms with Gasteiger partial charge >= 0.3 is 0 Å². The van der Waals surface area contributed by atoms with Crippen LogP contribution in [-0.2, 0) is 14.6 Å². The Kier molecular flexibility index (Phi) is 3.93. The molecule has 0 radical (unpaired) electrons. The minimum absolute atomic E-state index is 0.307. The summed E-state index contributed by atoms with van der Waals surface area (Å²) in [5, 5.41) is 2.47. The number of anilines is 1. The van der Waals surface area contributed by atoms with Gasteiger partial charge < -0.3 is 5.32 Å². The Morgan fingerprint density at radius 3 is 2.53 bits per heavy atom. The molecular formula is C10H13BrN2O3S. The van der Waals surface area contributed by atoms with Gasteiger partial charge in [-0.1, -0.05) is 15.9 Å². The summed E-state index contributed by atoms with van der Waals surface area (Å²) in [5.41, 5.74) is 0. The minimum Gasteiger partial charge on any atom is -0.309 e. The average molecular weight is 321 g/mol. The van der Waals surface area contributed by atoms with Gasteiger partial charge in [0.2, 0.25) is 5.91 Å². The standard InChI is InChI=1S/C10H13BrN2O3S/c1-10(2,17(3,15)16)9(14)13-8-6-7(11)4-5-12-8/h4-6H,1-3H3,(H,12,13,14). The molecule has 7 heteroatoms. The number of sulfone groups is 1. The fourth-order valence-electron chi connectivity index (χ4n) is 0.908. The predicted molar refractivity (Wildman–Crippen MR) is 69.5 cm³/mol. The van der Waals surface area contributed by atoms with Crippen LogP contribution in [-0.4, -0.2) is 30.3 Å². The van der Waals surface area contributed by atoms with E-state index in [1.54, 1.807) is 12.1 Å². The van der Waals surface area contributed by atoms with Crippen molar-refractivity contribution in [2.75, 3.05) is 11.6 Å². The fraction of sp³-hybridized carbons (Fsp3) is 0.400. The molecule has 94 valence electrons. The number of pyridine rings is 1. The summed E-state index contributed by atoms with van der Waals surface area (Å²) in [5.74, 6) is -0.299. The molecule has 1 heterocycles. The van der Waals surface area contributed by atoms with E-state index in [-0.39, 0.29) is 0 Å². The zero-order valence-corrected chi connectivity index (χ0v) is 12.1. The van der Waals surface area contributed by atoms with Crippen molar-refractivity contribution in [2.24, 2.45) is 0 Å². The predicted octanol–water partition coefficient (Wildman–Crippen LogP) is 1.61. The molecule has 17 heavy (non-hydrogen) atoms. The van der Waals surface area contributed by atoms with E-state index in [9.17, 15) is 13.2 Å². The molecule has 0 fully saturated rings. The fourth-order valence-corrected chi connectivity index (χ4v) is 1.63. The van der Waals surface area contributed by atoms with Crippen LogP contribution in [0.1, 0.15) is 13.8 Å². The maximum Gasteiger partial charge on any atom is 0.246 e. The number of nitrogens with zero attached hydrogens (tertiary/aromatic N) is 1. The number of carbonyl (C=O) groups is 1. The van der Waals surface area contributed by atoms with Gasteiger partial charge in [0.05, 0.1) is 0 Å². The van der Waals surface area contributed by atoms with Gasteiger partial charge in [0.1, 0.15) is 10.6 Å². The summed E-state index contributed by atoms with van der Waals surface area (Å²) < 4.78 is 22.2. The van der Waals surface area contributed by atoms with Gasteiger partial charge in [-0.05, 0) is 26.0 Å². The molecular weight excluding hydrogens is 308 g/mol. The Balaban J connectivity index is 2.95. The number of hydrogen-bond acceptors (Lipinski definition) is 4. The molecule has 0 bridgehead atoms. The number of carbonyl (C=O) groups excluding carboxylic acids is 1. The molecule has 1 rings (SSSR count). The first kappa shape index (κ1) is 14.1. The van der Waals surface area contributed by atoms with E-state index in [1.807, 2.05) is 0 Å². The second-order valence-electron chi connectivity index (χ2n) is 4.10. The van der Waals surface area contributed by atoms with E-state index < -0.39 is 20.5 Å². The minimum atomic E-state index is -3.48. The molecule has 0 aliphatic carbocycles. The zero-order valence-electron chi connectivity index (χ0n) is 9.69. The third-order valence-electron chi connectivity index (χ3n) is 2.44. The van der Waals surface area contributed by atoms with Crippen LogP contribution in [0.25, 0.3) is 0 Å². The highest BCUT2D eigenvalue weighted by atomic mass is 79.9. The van der Waals surface area contributed by atoms with Crippen LogP contribution in [0.2, 0.25) is 0 Å². The Hall–Kier alpha value is -0.950. The van der Waals surface area contributed by atoms with E-state index in [1.165, 1.54) is 20.0 Å². The van der Waals surface area contributed by atoms with Crippen molar-refractivity contribution < 1.29 is 13.2 Å². The van der Waals surface area contributed by atoms with Crippen molar-refractivity contribution in [3.05, 3.63) is 22.8 Å². The molecule has 0 spiro atoms. The number of rotatable bonds is 3. The topological polar surface area (TPSA) is 76.1 Å². The maximum absolute atomic E-state index is 11.8. The highest BCUT2D eigenvalue weighted by Gasteiger charge is 2.38. The first-order chi connectivity index (χ1) is 7.64. The van der Waals surface area contributed by atoms with Crippen LogP contribution in [0.4, 0.5) is 5.82 Å². The zero-order chi connectivity index (χ0) is 13.3. The molecule has 1 aromatic heterocycles. The highest BCUT2D eigenvalue weighted by Crippen LogP contribution is 2.19. The third kappa shape index (κ3) is 3.26. The normalized spacial score (nSPS) is 12.2. The van der Waals surface area contributed by atoms with Crippen LogP contribution in [0, 0.1) is 0 Å². The van der Waals surface area contributed by atoms with Crippen LogP contribution in [0.3, 0.4) is 0 Å². The molecule has 0 unspecified atom stereocenters. The Morgan fingerprint density at radius 2 is 2.06 bits per heavy atom. The molecule has 0 saturated heterocycles. The van der Waals surface area contributed by atoms with Crippen molar-refractivity contribution in [2.45, 2.75) is 18.6 Å². The molecule has 0 saturated carbocycles. The number of halogens is 1. The SMILES string of the molecule is CC(C)(C(=O)Nc1cc(Br)ccn1)S(C)(=O)=O. The Bertz CT molecular complexity index is 540. The first-order valence-electron chi connectivity index (χ1n) is 4.77. The Labute approximate surface area is 109 Å². The number of amides is 1. The summed E-state index contributed by atoms with van der Waals surface area (Å²) in [6.45, 7) is 2.71. The summed E-state index contributed by atoms with van der Waals surface area (Å²) in [7, 11) is -3.48. The maximum atomic E-state index is 11.8. The highest BCUT2D eigenvalue weighted by molar-refractivity contribution is 9.10. The van der Waals surface area contributed by atoms with Crippen LogP contribution in [0.15, 0.2) is 22.8 Å². The van der Waals surface area contributed by atoms with Crippen molar-refractivity contribution in [3.63, 3.8) is 0 Å². The molecule has 1 N–H and O–H groups in total. The monoisotopic (exact) mass is 320 g/mol. The summed E-state index contributed by atoms with van der Waals surface area (Å²) in [6.07, 6.45) is 2.54. The van der Waals surface area contributed by atoms with E-state index >= 15 is 0 Å². The number of hydrogen-bond donors (Lipinski definition) is 1. The molecule has 1 aromatic rings. The molecule has 0 atom stereocenters. The van der Waals surface area contributed by atoms with Gasteiger partial charge in [-0.3, -0.25) is 4.79 Å². The van der Waals surface area contributed by atoms with Crippen LogP contribution >= 0.6 is 15.9 Å².